The maximum Gasteiger partial charge on any atom is 0.260 e. The number of amides is 1. The van der Waals surface area contributed by atoms with Gasteiger partial charge in [0.15, 0.2) is 12.4 Å². The zero-order valence-corrected chi connectivity index (χ0v) is 18.2. The number of carbonyl (C=O) groups is 1. The number of hydrogen-bond donors (Lipinski definition) is 1. The van der Waals surface area contributed by atoms with Gasteiger partial charge < -0.3 is 18.9 Å². The molecule has 1 amide bonds. The molecule has 0 unspecified atom stereocenters. The van der Waals surface area contributed by atoms with E-state index in [0.717, 1.165) is 5.75 Å². The lowest BCUT2D eigenvalue weighted by Gasteiger charge is -2.32. The van der Waals surface area contributed by atoms with Crippen molar-refractivity contribution in [1.29, 1.82) is 0 Å². The fourth-order valence-corrected chi connectivity index (χ4v) is 5.05. The summed E-state index contributed by atoms with van der Waals surface area (Å²) in [4.78, 5) is 14.2. The lowest BCUT2D eigenvalue weighted by molar-refractivity contribution is -0.134. The first-order chi connectivity index (χ1) is 14.3. The normalized spacial score (nSPS) is 15.2. The Kier molecular flexibility index (Phi) is 6.99. The number of likely N-dealkylation sites (tertiary alicyclic amines) is 1. The minimum atomic E-state index is -3.71. The lowest BCUT2D eigenvalue weighted by atomic mass is 10.1. The maximum atomic E-state index is 12.6. The number of nitrogens with zero attached hydrogens (tertiary/aromatic N) is 2. The van der Waals surface area contributed by atoms with Gasteiger partial charge >= 0.3 is 0 Å². The first-order valence-electron chi connectivity index (χ1n) is 9.88. The predicted molar refractivity (Wildman–Crippen MR) is 109 cm³/mol. The van der Waals surface area contributed by atoms with Crippen LogP contribution in [0.2, 0.25) is 0 Å². The Labute approximate surface area is 176 Å². The molecule has 1 aliphatic heterocycles. The number of aryl methyl sites for hydroxylation is 2. The van der Waals surface area contributed by atoms with E-state index >= 15 is 0 Å². The number of carbonyl (C=O) groups excluding carboxylic acids is 1. The Morgan fingerprint density at radius 2 is 1.77 bits per heavy atom. The molecule has 2 aromatic rings. The average molecular weight is 438 g/mol. The van der Waals surface area contributed by atoms with Gasteiger partial charge in [0.05, 0.1) is 6.61 Å². The van der Waals surface area contributed by atoms with Crippen molar-refractivity contribution in [2.75, 3.05) is 26.3 Å². The van der Waals surface area contributed by atoms with E-state index in [1.807, 2.05) is 6.92 Å². The molecule has 1 aromatic heterocycles. The molecule has 1 fully saturated rings. The molecule has 2 heterocycles. The van der Waals surface area contributed by atoms with Crippen LogP contribution in [-0.4, -0.2) is 56.7 Å². The zero-order chi connectivity index (χ0) is 21.7. The summed E-state index contributed by atoms with van der Waals surface area (Å²) in [5.41, 5.74) is 0.332. The number of benzene rings is 1. The summed E-state index contributed by atoms with van der Waals surface area (Å²) < 4.78 is 43.8. The van der Waals surface area contributed by atoms with Crippen molar-refractivity contribution in [2.45, 2.75) is 44.6 Å². The number of aromatic nitrogens is 1. The van der Waals surface area contributed by atoms with Crippen LogP contribution < -0.4 is 14.2 Å². The topological polar surface area (TPSA) is 111 Å². The van der Waals surface area contributed by atoms with Gasteiger partial charge in [0.1, 0.15) is 22.1 Å². The second-order valence-corrected chi connectivity index (χ2v) is 8.77. The van der Waals surface area contributed by atoms with Crippen LogP contribution in [0, 0.1) is 13.8 Å². The number of ether oxygens (including phenoxy) is 2. The number of hydrogen-bond acceptors (Lipinski definition) is 7. The molecule has 0 radical (unpaired) electrons. The highest BCUT2D eigenvalue weighted by atomic mass is 32.2. The highest BCUT2D eigenvalue weighted by molar-refractivity contribution is 7.89. The summed E-state index contributed by atoms with van der Waals surface area (Å²) in [5.74, 6) is 1.47. The third-order valence-electron chi connectivity index (χ3n) is 4.90. The molecular formula is C20H27N3O6S. The molecule has 0 bridgehead atoms. The molecular weight excluding hydrogens is 410 g/mol. The summed E-state index contributed by atoms with van der Waals surface area (Å²) in [5, 5.41) is 3.70. The lowest BCUT2D eigenvalue weighted by Crippen LogP contribution is -2.47. The van der Waals surface area contributed by atoms with Crippen LogP contribution in [0.1, 0.15) is 31.2 Å². The molecule has 1 N–H and O–H groups in total. The van der Waals surface area contributed by atoms with E-state index in [1.165, 1.54) is 0 Å². The Hall–Kier alpha value is -2.59. The molecule has 0 aliphatic carbocycles. The van der Waals surface area contributed by atoms with Crippen LogP contribution in [-0.2, 0) is 14.8 Å². The molecule has 1 aromatic carbocycles. The van der Waals surface area contributed by atoms with Crippen molar-refractivity contribution in [2.24, 2.45) is 0 Å². The summed E-state index contributed by atoms with van der Waals surface area (Å²) >= 11 is 0. The van der Waals surface area contributed by atoms with Crippen molar-refractivity contribution in [3.63, 3.8) is 0 Å². The minimum absolute atomic E-state index is 0.0660. The van der Waals surface area contributed by atoms with E-state index in [1.54, 1.807) is 43.0 Å². The fourth-order valence-electron chi connectivity index (χ4n) is 3.42. The van der Waals surface area contributed by atoms with Crippen molar-refractivity contribution in [1.82, 2.24) is 14.8 Å². The van der Waals surface area contributed by atoms with E-state index in [0.29, 0.717) is 44.0 Å². The predicted octanol–water partition coefficient (Wildman–Crippen LogP) is 2.04. The number of sulfonamides is 1. The van der Waals surface area contributed by atoms with E-state index in [-0.39, 0.29) is 29.2 Å². The van der Waals surface area contributed by atoms with Crippen LogP contribution in [0.15, 0.2) is 33.7 Å². The Balaban J connectivity index is 1.47. The standard InChI is InChI=1S/C20H27N3O6S/c1-4-27-17-5-7-18(8-6-17)28-13-19(24)23-11-9-16(10-12-23)22-30(25,26)20-14(2)21-29-15(20)3/h5-8,16,22H,4,9-13H2,1-3H3. The minimum Gasteiger partial charge on any atom is -0.494 e. The number of rotatable bonds is 8. The summed E-state index contributed by atoms with van der Waals surface area (Å²) in [7, 11) is -3.71. The summed E-state index contributed by atoms with van der Waals surface area (Å²) in [6.45, 7) is 6.51. The Morgan fingerprint density at radius 3 is 2.30 bits per heavy atom. The van der Waals surface area contributed by atoms with Crippen LogP contribution in [0.5, 0.6) is 11.5 Å². The SMILES string of the molecule is CCOc1ccc(OCC(=O)N2CCC(NS(=O)(=O)c3c(C)noc3C)CC2)cc1. The number of nitrogens with one attached hydrogen (secondary N) is 1. The Morgan fingerprint density at radius 1 is 1.17 bits per heavy atom. The van der Waals surface area contributed by atoms with Gasteiger partial charge in [-0.1, -0.05) is 5.16 Å². The molecule has 10 heteroatoms. The van der Waals surface area contributed by atoms with E-state index in [2.05, 4.69) is 9.88 Å². The highest BCUT2D eigenvalue weighted by Crippen LogP contribution is 2.21. The van der Waals surface area contributed by atoms with Crippen LogP contribution in [0.3, 0.4) is 0 Å². The van der Waals surface area contributed by atoms with Crippen molar-refractivity contribution in [3.8, 4) is 11.5 Å². The van der Waals surface area contributed by atoms with Gasteiger partial charge in [0, 0.05) is 19.1 Å². The first-order valence-corrected chi connectivity index (χ1v) is 11.4. The van der Waals surface area contributed by atoms with E-state index < -0.39 is 10.0 Å². The van der Waals surface area contributed by atoms with Gasteiger partial charge in [-0.3, -0.25) is 4.79 Å². The van der Waals surface area contributed by atoms with Gasteiger partial charge in [-0.25, -0.2) is 13.1 Å². The van der Waals surface area contributed by atoms with Crippen molar-refractivity contribution in [3.05, 3.63) is 35.7 Å². The fraction of sp³-hybridized carbons (Fsp3) is 0.500. The zero-order valence-electron chi connectivity index (χ0n) is 17.4. The number of piperidine rings is 1. The smallest absolute Gasteiger partial charge is 0.260 e. The first kappa shape index (κ1) is 22.1. The second kappa shape index (κ2) is 9.48. The van der Waals surface area contributed by atoms with Crippen molar-refractivity contribution >= 4 is 15.9 Å². The van der Waals surface area contributed by atoms with E-state index in [9.17, 15) is 13.2 Å². The van der Waals surface area contributed by atoms with Gasteiger partial charge in [-0.2, -0.15) is 0 Å². The van der Waals surface area contributed by atoms with Gasteiger partial charge in [-0.15, -0.1) is 0 Å². The molecule has 30 heavy (non-hydrogen) atoms. The molecule has 0 saturated carbocycles. The van der Waals surface area contributed by atoms with Gasteiger partial charge in [-0.05, 0) is 57.9 Å². The van der Waals surface area contributed by atoms with Crippen LogP contribution >= 0.6 is 0 Å². The highest BCUT2D eigenvalue weighted by Gasteiger charge is 2.30. The third kappa shape index (κ3) is 5.31. The van der Waals surface area contributed by atoms with Crippen molar-refractivity contribution < 1.29 is 27.2 Å². The molecule has 164 valence electrons. The summed E-state index contributed by atoms with van der Waals surface area (Å²) in [6, 6.07) is 6.85. The Bertz CT molecular complexity index is 943. The summed E-state index contributed by atoms with van der Waals surface area (Å²) in [6.07, 6.45) is 1.05. The van der Waals surface area contributed by atoms with Crippen LogP contribution in [0.25, 0.3) is 0 Å². The third-order valence-corrected chi connectivity index (χ3v) is 6.67. The molecule has 3 rings (SSSR count). The molecule has 1 saturated heterocycles. The molecule has 0 atom stereocenters. The second-order valence-electron chi connectivity index (χ2n) is 7.12. The average Bonchev–Trinajstić information content (AvgIpc) is 3.07. The van der Waals surface area contributed by atoms with Gasteiger partial charge in [0.2, 0.25) is 10.0 Å². The monoisotopic (exact) mass is 437 g/mol. The van der Waals surface area contributed by atoms with E-state index in [4.69, 9.17) is 14.0 Å². The molecule has 9 nitrogen and oxygen atoms in total. The maximum absolute atomic E-state index is 12.6. The van der Waals surface area contributed by atoms with Gasteiger partial charge in [0.25, 0.3) is 5.91 Å². The molecule has 1 aliphatic rings. The van der Waals surface area contributed by atoms with Crippen LogP contribution in [0.4, 0.5) is 0 Å². The largest absolute Gasteiger partial charge is 0.494 e. The molecule has 0 spiro atoms. The quantitative estimate of drug-likeness (QED) is 0.673.